The van der Waals surface area contributed by atoms with Gasteiger partial charge < -0.3 is 32.2 Å². The molecule has 0 spiro atoms. The Bertz CT molecular complexity index is 1050. The van der Waals surface area contributed by atoms with Gasteiger partial charge in [-0.25, -0.2) is 14.2 Å². The third-order valence-electron chi connectivity index (χ3n) is 5.89. The fraction of sp³-hybridized carbons (Fsp3) is 0.320. The number of hydrogen-bond acceptors (Lipinski definition) is 6. The van der Waals surface area contributed by atoms with Gasteiger partial charge in [0.2, 0.25) is 0 Å². The molecule has 2 aromatic rings. The number of amidine groups is 1. The average molecular weight is 483 g/mol. The lowest BCUT2D eigenvalue weighted by molar-refractivity contribution is -0.114. The molecule has 0 unspecified atom stereocenters. The predicted molar refractivity (Wildman–Crippen MR) is 132 cm³/mol. The second kappa shape index (κ2) is 12.5. The highest BCUT2D eigenvalue weighted by Crippen LogP contribution is 2.22. The number of aliphatic imine (C=N–C) groups is 1. The van der Waals surface area contributed by atoms with Gasteiger partial charge >= 0.3 is 6.09 Å². The van der Waals surface area contributed by atoms with E-state index in [1.54, 1.807) is 4.90 Å². The van der Waals surface area contributed by atoms with Crippen molar-refractivity contribution in [1.82, 2.24) is 10.2 Å². The van der Waals surface area contributed by atoms with E-state index in [2.05, 4.69) is 10.3 Å². The van der Waals surface area contributed by atoms with Gasteiger partial charge in [-0.1, -0.05) is 30.3 Å². The summed E-state index contributed by atoms with van der Waals surface area (Å²) in [6, 6.07) is 14.7. The van der Waals surface area contributed by atoms with Gasteiger partial charge in [-0.3, -0.25) is 4.79 Å². The Hall–Kier alpha value is -3.92. The normalized spacial score (nSPS) is 16.0. The first-order valence-electron chi connectivity index (χ1n) is 11.4. The molecule has 1 aliphatic rings. The number of primary amides is 1. The maximum absolute atomic E-state index is 13.1. The molecule has 0 aromatic heterocycles. The molecule has 1 aliphatic heterocycles. The Morgan fingerprint density at radius 3 is 2.37 bits per heavy atom. The quantitative estimate of drug-likeness (QED) is 0.244. The molecule has 3 rings (SSSR count). The molecule has 1 atom stereocenters. The number of carbonyl (C=O) groups is 2. The largest absolute Gasteiger partial charge is 0.445 e. The van der Waals surface area contributed by atoms with Gasteiger partial charge in [-0.05, 0) is 48.6 Å². The summed E-state index contributed by atoms with van der Waals surface area (Å²) in [5, 5.41) is 3.14. The van der Waals surface area contributed by atoms with Gasteiger partial charge in [0.05, 0.1) is 11.3 Å². The molecule has 0 bridgehead atoms. The first-order chi connectivity index (χ1) is 16.9. The van der Waals surface area contributed by atoms with Crippen molar-refractivity contribution in [2.75, 3.05) is 19.6 Å². The minimum atomic E-state index is -0.757. The predicted octanol–water partition coefficient (Wildman–Crippen LogP) is 2.15. The van der Waals surface area contributed by atoms with Gasteiger partial charge in [-0.15, -0.1) is 0 Å². The van der Waals surface area contributed by atoms with Crippen molar-refractivity contribution in [2.24, 2.45) is 28.1 Å². The van der Waals surface area contributed by atoms with Crippen LogP contribution >= 0.6 is 0 Å². The van der Waals surface area contributed by atoms with E-state index < -0.39 is 11.7 Å². The van der Waals surface area contributed by atoms with Crippen LogP contribution < -0.4 is 22.5 Å². The molecule has 0 aliphatic carbocycles. The topological polar surface area (TPSA) is 149 Å². The second-order valence-electron chi connectivity index (χ2n) is 8.27. The molecule has 2 aromatic carbocycles. The highest BCUT2D eigenvalue weighted by atomic mass is 19.1. The number of nitrogens with one attached hydrogen (secondary N) is 1. The fourth-order valence-electron chi connectivity index (χ4n) is 3.87. The standard InChI is InChI=1S/C25H31FN6O3/c26-19-6-8-20(9-7-19)31-23(28)21(24(29)33)15-30-22(14-27)18-10-12-32(13-11-18)25(34)35-16-17-4-2-1-3-5-17/h1-9,15,18,22,30H,10-14,16,27H2,(H2,28,31)(H2,29,33)/b21-15+/t22-/m0/s1. The van der Waals surface area contributed by atoms with E-state index in [0.717, 1.165) is 5.56 Å². The number of nitrogens with zero attached hydrogens (tertiary/aromatic N) is 2. The number of carbonyl (C=O) groups excluding carboxylic acids is 2. The Morgan fingerprint density at radius 2 is 1.77 bits per heavy atom. The lowest BCUT2D eigenvalue weighted by Gasteiger charge is -2.35. The maximum Gasteiger partial charge on any atom is 0.410 e. The van der Waals surface area contributed by atoms with Crippen molar-refractivity contribution in [3.05, 3.63) is 77.8 Å². The zero-order valence-electron chi connectivity index (χ0n) is 19.4. The van der Waals surface area contributed by atoms with Crippen LogP contribution in [0.2, 0.25) is 0 Å². The number of likely N-dealkylation sites (tertiary alicyclic amines) is 1. The summed E-state index contributed by atoms with van der Waals surface area (Å²) in [6.45, 7) is 1.61. The number of ether oxygens (including phenoxy) is 1. The Labute approximate surface area is 203 Å². The van der Waals surface area contributed by atoms with Gasteiger partial charge in [-0.2, -0.15) is 0 Å². The van der Waals surface area contributed by atoms with Gasteiger partial charge in [0.15, 0.2) is 0 Å². The zero-order chi connectivity index (χ0) is 25.2. The van der Waals surface area contributed by atoms with Crippen molar-refractivity contribution in [3.8, 4) is 0 Å². The Balaban J connectivity index is 1.55. The molecule has 0 radical (unpaired) electrons. The molecule has 35 heavy (non-hydrogen) atoms. The molecule has 1 heterocycles. The number of amides is 2. The summed E-state index contributed by atoms with van der Waals surface area (Å²) >= 11 is 0. The van der Waals surface area contributed by atoms with E-state index >= 15 is 0 Å². The van der Waals surface area contributed by atoms with E-state index in [0.29, 0.717) is 38.2 Å². The molecular weight excluding hydrogens is 451 g/mol. The average Bonchev–Trinajstić information content (AvgIpc) is 2.87. The van der Waals surface area contributed by atoms with Gasteiger partial charge in [0, 0.05) is 31.9 Å². The summed E-state index contributed by atoms with van der Waals surface area (Å²) < 4.78 is 18.5. The minimum absolute atomic E-state index is 0.00491. The molecule has 0 saturated carbocycles. The summed E-state index contributed by atoms with van der Waals surface area (Å²) in [5.74, 6) is -1.09. The van der Waals surface area contributed by atoms with Crippen LogP contribution in [-0.2, 0) is 16.1 Å². The zero-order valence-corrected chi connectivity index (χ0v) is 19.4. The van der Waals surface area contributed by atoms with E-state index in [9.17, 15) is 14.0 Å². The van der Waals surface area contributed by atoms with Crippen LogP contribution in [0.25, 0.3) is 0 Å². The maximum atomic E-state index is 13.1. The van der Waals surface area contributed by atoms with Crippen molar-refractivity contribution in [1.29, 1.82) is 0 Å². The minimum Gasteiger partial charge on any atom is -0.445 e. The molecule has 10 heteroatoms. The number of nitrogens with two attached hydrogens (primary N) is 3. The number of benzene rings is 2. The SMILES string of the molecule is NC[C@H](N/C=C(/C(N)=O)C(N)=Nc1ccc(F)cc1)C1CCN(C(=O)OCc2ccccc2)CC1. The molecule has 7 N–H and O–H groups in total. The van der Waals surface area contributed by atoms with Crippen molar-refractivity contribution < 1.29 is 18.7 Å². The van der Waals surface area contributed by atoms with E-state index in [1.807, 2.05) is 30.3 Å². The van der Waals surface area contributed by atoms with Crippen LogP contribution in [0, 0.1) is 11.7 Å². The van der Waals surface area contributed by atoms with Crippen LogP contribution in [0.5, 0.6) is 0 Å². The smallest absolute Gasteiger partial charge is 0.410 e. The molecule has 9 nitrogen and oxygen atoms in total. The first-order valence-corrected chi connectivity index (χ1v) is 11.4. The summed E-state index contributed by atoms with van der Waals surface area (Å²) in [4.78, 5) is 30.2. The monoisotopic (exact) mass is 482 g/mol. The molecule has 1 fully saturated rings. The van der Waals surface area contributed by atoms with Crippen molar-refractivity contribution >= 4 is 23.5 Å². The third kappa shape index (κ3) is 7.54. The number of rotatable bonds is 9. The fourth-order valence-corrected chi connectivity index (χ4v) is 3.87. The van der Waals surface area contributed by atoms with Crippen LogP contribution in [0.3, 0.4) is 0 Å². The third-order valence-corrected chi connectivity index (χ3v) is 5.89. The van der Waals surface area contributed by atoms with Crippen molar-refractivity contribution in [2.45, 2.75) is 25.5 Å². The number of hydrogen-bond donors (Lipinski definition) is 4. The van der Waals surface area contributed by atoms with E-state index in [4.69, 9.17) is 21.9 Å². The first kappa shape index (κ1) is 25.7. The summed E-state index contributed by atoms with van der Waals surface area (Å²) in [7, 11) is 0. The number of halogens is 1. The lowest BCUT2D eigenvalue weighted by atomic mass is 9.89. The molecular formula is C25H31FN6O3. The highest BCUT2D eigenvalue weighted by molar-refractivity contribution is 6.20. The van der Waals surface area contributed by atoms with Gasteiger partial charge in [0.25, 0.3) is 5.91 Å². The van der Waals surface area contributed by atoms with Crippen LogP contribution in [0.15, 0.2) is 71.4 Å². The Morgan fingerprint density at radius 1 is 1.11 bits per heavy atom. The van der Waals surface area contributed by atoms with Crippen LogP contribution in [0.4, 0.5) is 14.9 Å². The second-order valence-corrected chi connectivity index (χ2v) is 8.27. The van der Waals surface area contributed by atoms with Crippen molar-refractivity contribution in [3.63, 3.8) is 0 Å². The van der Waals surface area contributed by atoms with E-state index in [-0.39, 0.29) is 36.1 Å². The Kier molecular flexibility index (Phi) is 9.19. The van der Waals surface area contributed by atoms with Crippen LogP contribution in [-0.4, -0.2) is 48.4 Å². The van der Waals surface area contributed by atoms with Gasteiger partial charge in [0.1, 0.15) is 18.3 Å². The van der Waals surface area contributed by atoms with Crippen LogP contribution in [0.1, 0.15) is 18.4 Å². The van der Waals surface area contributed by atoms with E-state index in [1.165, 1.54) is 30.5 Å². The summed E-state index contributed by atoms with van der Waals surface area (Å²) in [5.41, 5.74) is 18.8. The molecule has 186 valence electrons. The molecule has 2 amide bonds. The highest BCUT2D eigenvalue weighted by Gasteiger charge is 2.28. The lowest BCUT2D eigenvalue weighted by Crippen LogP contribution is -2.47. The molecule has 1 saturated heterocycles. The number of piperidine rings is 1. The summed E-state index contributed by atoms with van der Waals surface area (Å²) in [6.07, 6.45) is 2.51.